The van der Waals surface area contributed by atoms with Gasteiger partial charge in [0, 0.05) is 0 Å². The molecular weight excluding hydrogens is 320 g/mol. The Balaban J connectivity index is 0.000000351. The largest absolute Gasteiger partial charge is 0.508 e. The summed E-state index contributed by atoms with van der Waals surface area (Å²) in [7, 11) is 0. The Morgan fingerprint density at radius 1 is 0.500 bits per heavy atom. The van der Waals surface area contributed by atoms with Crippen molar-refractivity contribution in [3.63, 3.8) is 0 Å². The lowest BCUT2D eigenvalue weighted by atomic mass is 10.1. The fraction of sp³-hybridized carbons (Fsp3) is 0.250. The summed E-state index contributed by atoms with van der Waals surface area (Å²) in [6.45, 7) is 8.36. The van der Waals surface area contributed by atoms with Gasteiger partial charge in [-0.25, -0.2) is 0 Å². The van der Waals surface area contributed by atoms with Crippen molar-refractivity contribution in [1.82, 2.24) is 0 Å². The van der Waals surface area contributed by atoms with Gasteiger partial charge in [0.05, 0.1) is 0 Å². The van der Waals surface area contributed by atoms with Crippen molar-refractivity contribution in [2.24, 2.45) is 0 Å². The molecular formula is C24H32O2. The third kappa shape index (κ3) is 11.7. The molecule has 0 aromatic heterocycles. The number of rotatable bonds is 2. The molecule has 0 aliphatic rings. The summed E-state index contributed by atoms with van der Waals surface area (Å²) in [5, 5.41) is 17.3. The minimum Gasteiger partial charge on any atom is -0.508 e. The van der Waals surface area contributed by atoms with Gasteiger partial charge < -0.3 is 10.2 Å². The van der Waals surface area contributed by atoms with Crippen molar-refractivity contribution in [3.05, 3.63) is 96.1 Å². The average Bonchev–Trinajstić information content (AvgIpc) is 2.72. The van der Waals surface area contributed by atoms with Gasteiger partial charge in [-0.1, -0.05) is 88.4 Å². The third-order valence-electron chi connectivity index (χ3n) is 3.35. The smallest absolute Gasteiger partial charge is 0.115 e. The molecule has 26 heavy (non-hydrogen) atoms. The number of phenolic OH excluding ortho intramolecular Hbond substituents is 2. The number of hydrogen-bond acceptors (Lipinski definition) is 2. The van der Waals surface area contributed by atoms with Gasteiger partial charge in [-0.3, -0.25) is 0 Å². The average molecular weight is 353 g/mol. The molecule has 0 atom stereocenters. The van der Waals surface area contributed by atoms with E-state index in [1.165, 1.54) is 11.1 Å². The van der Waals surface area contributed by atoms with Crippen LogP contribution in [-0.4, -0.2) is 10.2 Å². The highest BCUT2D eigenvalue weighted by atomic mass is 16.3. The highest BCUT2D eigenvalue weighted by Crippen LogP contribution is 2.05. The van der Waals surface area contributed by atoms with E-state index in [1.54, 1.807) is 48.5 Å². The molecule has 0 bridgehead atoms. The second-order valence-corrected chi connectivity index (χ2v) is 5.19. The Morgan fingerprint density at radius 3 is 0.923 bits per heavy atom. The number of hydrogen-bond donors (Lipinski definition) is 2. The Morgan fingerprint density at radius 2 is 0.769 bits per heavy atom. The molecule has 0 saturated carbocycles. The lowest BCUT2D eigenvalue weighted by molar-refractivity contribution is 0.475. The van der Waals surface area contributed by atoms with E-state index in [0.29, 0.717) is 11.5 Å². The van der Waals surface area contributed by atoms with Crippen LogP contribution in [0.2, 0.25) is 0 Å². The second-order valence-electron chi connectivity index (χ2n) is 5.19. The van der Waals surface area contributed by atoms with Crippen LogP contribution in [0.4, 0.5) is 0 Å². The minimum atomic E-state index is 0.322. The molecule has 3 aromatic rings. The Bertz CT molecular complexity index is 586. The van der Waals surface area contributed by atoms with Crippen molar-refractivity contribution in [2.75, 3.05) is 0 Å². The van der Waals surface area contributed by atoms with Gasteiger partial charge >= 0.3 is 0 Å². The van der Waals surface area contributed by atoms with E-state index in [4.69, 9.17) is 10.2 Å². The van der Waals surface area contributed by atoms with E-state index in [0.717, 1.165) is 12.8 Å². The molecule has 0 saturated heterocycles. The number of para-hydroxylation sites is 2. The zero-order valence-corrected chi connectivity index (χ0v) is 16.4. The standard InChI is InChI=1S/C10H14.2C6H6O.C2H6/c1-3-9-5-7-10(4-2)8-6-9;2*7-6-4-2-1-3-5-6;1-2/h5-8H,3-4H2,1-2H3;2*1-5,7H;1-2H3. The predicted molar refractivity (Wildman–Crippen MR) is 113 cm³/mol. The number of aryl methyl sites for hydroxylation is 2. The monoisotopic (exact) mass is 352 g/mol. The molecule has 0 fully saturated rings. The predicted octanol–water partition coefficient (Wildman–Crippen LogP) is 6.62. The number of aromatic hydroxyl groups is 2. The van der Waals surface area contributed by atoms with Gasteiger partial charge in [-0.15, -0.1) is 0 Å². The Kier molecular flexibility index (Phi) is 14.1. The molecule has 140 valence electrons. The second kappa shape index (κ2) is 15.8. The molecule has 2 heteroatoms. The molecule has 0 spiro atoms. The van der Waals surface area contributed by atoms with Crippen molar-refractivity contribution >= 4 is 0 Å². The molecule has 0 heterocycles. The highest BCUT2D eigenvalue weighted by molar-refractivity contribution is 5.22. The third-order valence-corrected chi connectivity index (χ3v) is 3.35. The van der Waals surface area contributed by atoms with E-state index in [-0.39, 0.29) is 0 Å². The van der Waals surface area contributed by atoms with Crippen molar-refractivity contribution in [1.29, 1.82) is 0 Å². The first-order chi connectivity index (χ1) is 12.7. The summed E-state index contributed by atoms with van der Waals surface area (Å²) in [6.07, 6.45) is 2.29. The fourth-order valence-corrected chi connectivity index (χ4v) is 1.87. The maximum absolute atomic E-state index is 8.63. The van der Waals surface area contributed by atoms with Gasteiger partial charge in [0.15, 0.2) is 0 Å². The van der Waals surface area contributed by atoms with Gasteiger partial charge in [0.25, 0.3) is 0 Å². The maximum atomic E-state index is 8.63. The topological polar surface area (TPSA) is 40.5 Å². The van der Waals surface area contributed by atoms with E-state index in [1.807, 2.05) is 26.0 Å². The van der Waals surface area contributed by atoms with Gasteiger partial charge in [0.1, 0.15) is 11.5 Å². The number of benzene rings is 3. The van der Waals surface area contributed by atoms with E-state index in [2.05, 4.69) is 38.1 Å². The first kappa shape index (κ1) is 23.3. The van der Waals surface area contributed by atoms with Crippen LogP contribution >= 0.6 is 0 Å². The minimum absolute atomic E-state index is 0.322. The summed E-state index contributed by atoms with van der Waals surface area (Å²) in [6, 6.07) is 26.3. The zero-order chi connectivity index (χ0) is 19.6. The molecule has 3 rings (SSSR count). The van der Waals surface area contributed by atoms with Crippen LogP contribution in [-0.2, 0) is 12.8 Å². The van der Waals surface area contributed by atoms with Gasteiger partial charge in [0.2, 0.25) is 0 Å². The molecule has 2 N–H and O–H groups in total. The number of phenols is 2. The summed E-state index contributed by atoms with van der Waals surface area (Å²) >= 11 is 0. The van der Waals surface area contributed by atoms with Crippen molar-refractivity contribution < 1.29 is 10.2 Å². The van der Waals surface area contributed by atoms with Crippen molar-refractivity contribution in [3.8, 4) is 11.5 Å². The van der Waals surface area contributed by atoms with Crippen LogP contribution < -0.4 is 0 Å². The molecule has 0 aliphatic heterocycles. The summed E-state index contributed by atoms with van der Waals surface area (Å²) < 4.78 is 0. The summed E-state index contributed by atoms with van der Waals surface area (Å²) in [5.41, 5.74) is 2.86. The van der Waals surface area contributed by atoms with Crippen LogP contribution in [0.15, 0.2) is 84.9 Å². The van der Waals surface area contributed by atoms with Crippen LogP contribution in [0.5, 0.6) is 11.5 Å². The SMILES string of the molecule is CC.CCc1ccc(CC)cc1.Oc1ccccc1.Oc1ccccc1. The van der Waals surface area contributed by atoms with Crippen LogP contribution in [0, 0.1) is 0 Å². The van der Waals surface area contributed by atoms with E-state index in [9.17, 15) is 0 Å². The van der Waals surface area contributed by atoms with E-state index >= 15 is 0 Å². The summed E-state index contributed by atoms with van der Waals surface area (Å²) in [4.78, 5) is 0. The Hall–Kier alpha value is -2.74. The first-order valence-electron chi connectivity index (χ1n) is 9.21. The quantitative estimate of drug-likeness (QED) is 0.544. The molecule has 2 nitrogen and oxygen atoms in total. The lowest BCUT2D eigenvalue weighted by Gasteiger charge is -1.97. The van der Waals surface area contributed by atoms with Gasteiger partial charge in [-0.2, -0.15) is 0 Å². The van der Waals surface area contributed by atoms with Gasteiger partial charge in [-0.05, 0) is 48.2 Å². The first-order valence-corrected chi connectivity index (χ1v) is 9.21. The Labute approximate surface area is 158 Å². The molecule has 0 aliphatic carbocycles. The fourth-order valence-electron chi connectivity index (χ4n) is 1.87. The van der Waals surface area contributed by atoms with E-state index < -0.39 is 0 Å². The molecule has 0 unspecified atom stereocenters. The zero-order valence-electron chi connectivity index (χ0n) is 16.4. The lowest BCUT2D eigenvalue weighted by Crippen LogP contribution is -1.81. The molecule has 0 amide bonds. The molecule has 0 radical (unpaired) electrons. The van der Waals surface area contributed by atoms with Crippen LogP contribution in [0.1, 0.15) is 38.8 Å². The molecule has 3 aromatic carbocycles. The highest BCUT2D eigenvalue weighted by Gasteiger charge is 1.88. The van der Waals surface area contributed by atoms with Crippen LogP contribution in [0.3, 0.4) is 0 Å². The van der Waals surface area contributed by atoms with Crippen LogP contribution in [0.25, 0.3) is 0 Å². The normalized spacial score (nSPS) is 8.62. The van der Waals surface area contributed by atoms with Crippen molar-refractivity contribution in [2.45, 2.75) is 40.5 Å². The maximum Gasteiger partial charge on any atom is 0.115 e. The summed E-state index contributed by atoms with van der Waals surface area (Å²) in [5.74, 6) is 0.644.